The zero-order valence-corrected chi connectivity index (χ0v) is 29.3. The van der Waals surface area contributed by atoms with Gasteiger partial charge in [-0.15, -0.1) is 0 Å². The Bertz CT molecular complexity index is 1910. The van der Waals surface area contributed by atoms with Gasteiger partial charge in [0.15, 0.2) is 33.6 Å². The molecule has 0 amide bonds. The van der Waals surface area contributed by atoms with Crippen molar-refractivity contribution >= 4 is 51.7 Å². The zero-order valence-electron chi connectivity index (χ0n) is 27.6. The van der Waals surface area contributed by atoms with E-state index >= 15 is 0 Å². The van der Waals surface area contributed by atoms with Gasteiger partial charge in [-0.3, -0.25) is 0 Å². The van der Waals surface area contributed by atoms with E-state index in [-0.39, 0.29) is 6.10 Å². The number of hydrogen-bond acceptors (Lipinski definition) is 9. The maximum absolute atomic E-state index is 5.98. The Balaban J connectivity index is 1.60. The zero-order chi connectivity index (χ0) is 33.5. The summed E-state index contributed by atoms with van der Waals surface area (Å²) < 4.78 is 30.5. The minimum atomic E-state index is -2.61. The van der Waals surface area contributed by atoms with Crippen molar-refractivity contribution in [1.29, 1.82) is 0 Å². The topological polar surface area (TPSA) is 92.9 Å². The maximum atomic E-state index is 5.98. The number of fused-ring (bicyclic) bond motifs is 1. The molecule has 6 rings (SSSR count). The highest BCUT2D eigenvalue weighted by Crippen LogP contribution is 2.50. The highest BCUT2D eigenvalue weighted by molar-refractivity contribution is 7.99. The van der Waals surface area contributed by atoms with E-state index in [9.17, 15) is 0 Å². The summed E-state index contributed by atoms with van der Waals surface area (Å²) in [6, 6.07) is 35.3. The predicted molar refractivity (Wildman–Crippen MR) is 194 cm³/mol. The first-order valence-corrected chi connectivity index (χ1v) is 18.1. The fraction of sp³-hybridized carbons (Fsp3) is 0.216. The van der Waals surface area contributed by atoms with Crippen molar-refractivity contribution in [2.75, 3.05) is 27.9 Å². The number of aromatic nitrogens is 4. The fourth-order valence-corrected chi connectivity index (χ4v) is 10.0. The van der Waals surface area contributed by atoms with Crippen LogP contribution in [0.25, 0.3) is 11.2 Å². The highest BCUT2D eigenvalue weighted by Gasteiger charge is 2.29. The summed E-state index contributed by atoms with van der Waals surface area (Å²) in [5.41, 5.74) is 1.29. The fourth-order valence-electron chi connectivity index (χ4n) is 5.55. The molecule has 0 aliphatic heterocycles. The van der Waals surface area contributed by atoms with Crippen LogP contribution in [0.1, 0.15) is 13.8 Å². The molecule has 0 saturated heterocycles. The Morgan fingerprint density at radius 2 is 1.29 bits per heavy atom. The van der Waals surface area contributed by atoms with Gasteiger partial charge >= 0.3 is 0 Å². The Hall–Kier alpha value is -4.63. The van der Waals surface area contributed by atoms with Crippen LogP contribution in [-0.4, -0.2) is 53.6 Å². The van der Waals surface area contributed by atoms with Gasteiger partial charge in [0.25, 0.3) is 0 Å². The third kappa shape index (κ3) is 6.69. The van der Waals surface area contributed by atoms with Crippen LogP contribution in [-0.2, 0) is 11.3 Å². The molecule has 0 saturated carbocycles. The molecule has 0 radical (unpaired) electrons. The van der Waals surface area contributed by atoms with Crippen LogP contribution >= 0.6 is 18.8 Å². The summed E-state index contributed by atoms with van der Waals surface area (Å²) in [5, 5.41) is 4.06. The first-order chi connectivity index (χ1) is 23.5. The Morgan fingerprint density at radius 1 is 0.750 bits per heavy atom. The molecule has 4 aromatic carbocycles. The lowest BCUT2D eigenvalue weighted by Crippen LogP contribution is -2.25. The SMILES string of the molecule is COc1cc(Sc2nc3c(N=P(c4ccccc4)(c4ccccc4)c4ccccc4)ncnc3n2CCOC(C)C)cc(OC)c1OC. The van der Waals surface area contributed by atoms with Crippen molar-refractivity contribution in [3.05, 3.63) is 109 Å². The largest absolute Gasteiger partial charge is 0.493 e. The minimum Gasteiger partial charge on any atom is -0.493 e. The van der Waals surface area contributed by atoms with Gasteiger partial charge in [-0.05, 0) is 26.0 Å². The molecule has 2 aromatic heterocycles. The summed E-state index contributed by atoms with van der Waals surface area (Å²) in [6.45, 7) is 5.07. The van der Waals surface area contributed by atoms with Crippen LogP contribution < -0.4 is 30.1 Å². The number of benzene rings is 4. The van der Waals surface area contributed by atoms with Gasteiger partial charge in [0, 0.05) is 20.8 Å². The van der Waals surface area contributed by atoms with Crippen LogP contribution in [0.3, 0.4) is 0 Å². The molecule has 0 N–H and O–H groups in total. The smallest absolute Gasteiger partial charge is 0.203 e. The van der Waals surface area contributed by atoms with E-state index in [1.54, 1.807) is 27.7 Å². The number of methoxy groups -OCH3 is 3. The van der Waals surface area contributed by atoms with Crippen LogP contribution in [0.15, 0.2) is 124 Å². The second kappa shape index (κ2) is 15.1. The van der Waals surface area contributed by atoms with Crippen molar-refractivity contribution in [1.82, 2.24) is 19.5 Å². The molecule has 0 bridgehead atoms. The van der Waals surface area contributed by atoms with Crippen molar-refractivity contribution in [2.45, 2.75) is 36.5 Å². The van der Waals surface area contributed by atoms with Gasteiger partial charge in [0.1, 0.15) is 6.33 Å². The number of hydrogen-bond donors (Lipinski definition) is 0. The normalized spacial score (nSPS) is 11.5. The van der Waals surface area contributed by atoms with E-state index < -0.39 is 7.05 Å². The van der Waals surface area contributed by atoms with Crippen LogP contribution in [0.4, 0.5) is 5.82 Å². The molecule has 0 aliphatic carbocycles. The van der Waals surface area contributed by atoms with E-state index in [1.807, 2.05) is 44.2 Å². The Labute approximate surface area is 285 Å². The first-order valence-electron chi connectivity index (χ1n) is 15.6. The molecule has 0 unspecified atom stereocenters. The summed E-state index contributed by atoms with van der Waals surface area (Å²) in [5.74, 6) is 2.17. The molecule has 48 heavy (non-hydrogen) atoms. The molecular weight excluding hydrogens is 641 g/mol. The quantitative estimate of drug-likeness (QED) is 0.118. The molecule has 11 heteroatoms. The summed E-state index contributed by atoms with van der Waals surface area (Å²) in [4.78, 5) is 15.6. The number of ether oxygens (including phenoxy) is 4. The van der Waals surface area contributed by atoms with Gasteiger partial charge < -0.3 is 23.5 Å². The molecule has 0 fully saturated rings. The molecule has 0 aliphatic rings. The van der Waals surface area contributed by atoms with Gasteiger partial charge in [-0.25, -0.2) is 19.7 Å². The average molecular weight is 680 g/mol. The molecule has 9 nitrogen and oxygen atoms in total. The van der Waals surface area contributed by atoms with Crippen molar-refractivity contribution in [3.63, 3.8) is 0 Å². The third-order valence-electron chi connectivity index (χ3n) is 7.73. The number of rotatable bonds is 13. The average Bonchev–Trinajstić information content (AvgIpc) is 3.48. The minimum absolute atomic E-state index is 0.0826. The molecule has 6 aromatic rings. The second-order valence-corrected chi connectivity index (χ2v) is 15.1. The van der Waals surface area contributed by atoms with Crippen molar-refractivity contribution in [2.24, 2.45) is 4.74 Å². The van der Waals surface area contributed by atoms with Gasteiger partial charge in [-0.2, -0.15) is 0 Å². The van der Waals surface area contributed by atoms with Gasteiger partial charge in [0.05, 0.1) is 47.6 Å². The lowest BCUT2D eigenvalue weighted by molar-refractivity contribution is 0.0720. The van der Waals surface area contributed by atoms with Crippen molar-refractivity contribution < 1.29 is 18.9 Å². The summed E-state index contributed by atoms with van der Waals surface area (Å²) >= 11 is 1.47. The van der Waals surface area contributed by atoms with E-state index in [2.05, 4.69) is 77.4 Å². The van der Waals surface area contributed by atoms with Crippen molar-refractivity contribution in [3.8, 4) is 17.2 Å². The molecular formula is C37H38N5O4PS. The van der Waals surface area contributed by atoms with E-state index in [0.717, 1.165) is 20.8 Å². The lowest BCUT2D eigenvalue weighted by atomic mass is 10.3. The third-order valence-corrected chi connectivity index (χ3v) is 12.3. The molecule has 2 heterocycles. The van der Waals surface area contributed by atoms with Crippen LogP contribution in [0, 0.1) is 0 Å². The van der Waals surface area contributed by atoms with E-state index in [4.69, 9.17) is 38.6 Å². The second-order valence-electron chi connectivity index (χ2n) is 11.0. The monoisotopic (exact) mass is 679 g/mol. The Morgan fingerprint density at radius 3 is 1.77 bits per heavy atom. The van der Waals surface area contributed by atoms with Crippen LogP contribution in [0.2, 0.25) is 0 Å². The maximum Gasteiger partial charge on any atom is 0.203 e. The Kier molecular flexibility index (Phi) is 10.4. The van der Waals surface area contributed by atoms with Gasteiger partial charge in [-0.1, -0.05) is 103 Å². The molecule has 0 spiro atoms. The lowest BCUT2D eigenvalue weighted by Gasteiger charge is -2.26. The number of imidazole rings is 1. The molecule has 0 atom stereocenters. The standard InChI is InChI=1S/C37H38N5O4PS/c1-26(2)46-22-21-42-36-33(40-37(42)48-30-23-31(43-3)34(45-5)32(24-30)44-4)35(38-25-39-36)41-47(27-15-9-6-10-16-27,28-17-11-7-12-18-28)29-19-13-8-14-20-29/h6-20,23-26H,21-22H2,1-5H3. The highest BCUT2D eigenvalue weighted by atomic mass is 32.2. The predicted octanol–water partition coefficient (Wildman–Crippen LogP) is 7.24. The summed E-state index contributed by atoms with van der Waals surface area (Å²) in [7, 11) is 2.19. The number of nitrogens with zero attached hydrogens (tertiary/aromatic N) is 5. The first kappa shape index (κ1) is 33.3. The van der Waals surface area contributed by atoms with E-state index in [0.29, 0.717) is 52.5 Å². The molecule has 246 valence electrons. The van der Waals surface area contributed by atoms with Crippen LogP contribution in [0.5, 0.6) is 17.2 Å². The van der Waals surface area contributed by atoms with Gasteiger partial charge in [0.2, 0.25) is 5.75 Å². The van der Waals surface area contributed by atoms with E-state index in [1.165, 1.54) is 11.8 Å². The summed E-state index contributed by atoms with van der Waals surface area (Å²) in [6.07, 6.45) is 1.66.